The summed E-state index contributed by atoms with van der Waals surface area (Å²) in [5.41, 5.74) is 1.99. The van der Waals surface area contributed by atoms with Gasteiger partial charge in [0.25, 0.3) is 5.56 Å². The molecule has 0 atom stereocenters. The fourth-order valence-electron chi connectivity index (χ4n) is 2.54. The SMILES string of the molecule is O=c1/c(=C/c2cccnc2)sc2n1CN(c1ccc(I)cc1)CN=2. The van der Waals surface area contributed by atoms with Crippen molar-refractivity contribution in [3.63, 3.8) is 0 Å². The van der Waals surface area contributed by atoms with E-state index >= 15 is 0 Å². The van der Waals surface area contributed by atoms with Crippen LogP contribution in [0.3, 0.4) is 0 Å². The number of pyridine rings is 1. The Balaban J connectivity index is 1.71. The first-order valence-electron chi connectivity index (χ1n) is 7.37. The van der Waals surface area contributed by atoms with Crippen molar-refractivity contribution >= 4 is 45.7 Å². The van der Waals surface area contributed by atoms with Crippen LogP contribution in [0, 0.1) is 3.57 Å². The summed E-state index contributed by atoms with van der Waals surface area (Å²) in [6.07, 6.45) is 5.34. The Morgan fingerprint density at radius 1 is 1.21 bits per heavy atom. The Labute approximate surface area is 155 Å². The van der Waals surface area contributed by atoms with Crippen molar-refractivity contribution in [3.8, 4) is 0 Å². The van der Waals surface area contributed by atoms with E-state index in [1.165, 1.54) is 14.9 Å². The van der Waals surface area contributed by atoms with Crippen LogP contribution in [0.2, 0.25) is 0 Å². The van der Waals surface area contributed by atoms with Gasteiger partial charge in [-0.2, -0.15) is 0 Å². The zero-order chi connectivity index (χ0) is 16.5. The van der Waals surface area contributed by atoms with Crippen molar-refractivity contribution in [2.45, 2.75) is 6.67 Å². The van der Waals surface area contributed by atoms with E-state index in [-0.39, 0.29) is 5.56 Å². The molecule has 1 aromatic carbocycles. The van der Waals surface area contributed by atoms with Gasteiger partial charge in [-0.1, -0.05) is 17.4 Å². The van der Waals surface area contributed by atoms with Crippen LogP contribution in [0.25, 0.3) is 6.08 Å². The number of halogens is 1. The Morgan fingerprint density at radius 2 is 2.04 bits per heavy atom. The summed E-state index contributed by atoms with van der Waals surface area (Å²) >= 11 is 3.71. The number of nitrogens with zero attached hydrogens (tertiary/aromatic N) is 4. The number of aromatic nitrogens is 2. The van der Waals surface area contributed by atoms with Crippen molar-refractivity contribution in [1.82, 2.24) is 9.55 Å². The van der Waals surface area contributed by atoms with E-state index in [9.17, 15) is 4.79 Å². The average molecular weight is 448 g/mol. The predicted molar refractivity (Wildman–Crippen MR) is 104 cm³/mol. The molecule has 0 saturated heterocycles. The van der Waals surface area contributed by atoms with Crippen LogP contribution in [0.1, 0.15) is 5.56 Å². The minimum absolute atomic E-state index is 0.00202. The predicted octanol–water partition coefficient (Wildman–Crippen LogP) is 1.79. The first-order chi connectivity index (χ1) is 11.7. The quantitative estimate of drug-likeness (QED) is 0.562. The Hall–Kier alpha value is -2.00. The van der Waals surface area contributed by atoms with Crippen LogP contribution in [-0.2, 0) is 6.67 Å². The number of hydrogen-bond acceptors (Lipinski definition) is 5. The van der Waals surface area contributed by atoms with Crippen molar-refractivity contribution in [3.05, 3.63) is 77.6 Å². The van der Waals surface area contributed by atoms with Gasteiger partial charge in [-0.05, 0) is 64.6 Å². The fourth-order valence-corrected chi connectivity index (χ4v) is 3.86. The summed E-state index contributed by atoms with van der Waals surface area (Å²) in [5.74, 6) is 0. The lowest BCUT2D eigenvalue weighted by Gasteiger charge is -2.25. The molecule has 0 saturated carbocycles. The van der Waals surface area contributed by atoms with Gasteiger partial charge >= 0.3 is 0 Å². The molecule has 1 aliphatic heterocycles. The van der Waals surface area contributed by atoms with Gasteiger partial charge in [0.15, 0.2) is 4.80 Å². The highest BCUT2D eigenvalue weighted by molar-refractivity contribution is 14.1. The third-order valence-corrected chi connectivity index (χ3v) is 5.51. The summed E-state index contributed by atoms with van der Waals surface area (Å²) in [6.45, 7) is 1.09. The number of hydrogen-bond donors (Lipinski definition) is 0. The monoisotopic (exact) mass is 448 g/mol. The molecule has 24 heavy (non-hydrogen) atoms. The Kier molecular flexibility index (Phi) is 4.19. The van der Waals surface area contributed by atoms with E-state index in [2.05, 4.69) is 61.7 Å². The molecule has 2 aromatic heterocycles. The highest BCUT2D eigenvalue weighted by Crippen LogP contribution is 2.17. The Bertz CT molecular complexity index is 1040. The number of thiazole rings is 1. The van der Waals surface area contributed by atoms with E-state index in [1.807, 2.05) is 18.2 Å². The molecule has 1 aliphatic rings. The van der Waals surface area contributed by atoms with Gasteiger partial charge in [-0.15, -0.1) is 0 Å². The van der Waals surface area contributed by atoms with E-state index in [4.69, 9.17) is 0 Å². The molecule has 0 unspecified atom stereocenters. The maximum atomic E-state index is 12.7. The molecule has 3 heterocycles. The zero-order valence-electron chi connectivity index (χ0n) is 12.6. The summed E-state index contributed by atoms with van der Waals surface area (Å²) < 4.78 is 3.60. The molecule has 7 heteroatoms. The molecule has 0 spiro atoms. The van der Waals surface area contributed by atoms with Crippen LogP contribution in [0.5, 0.6) is 0 Å². The third-order valence-electron chi connectivity index (χ3n) is 3.75. The maximum absolute atomic E-state index is 12.7. The lowest BCUT2D eigenvalue weighted by molar-refractivity contribution is 0.569. The van der Waals surface area contributed by atoms with E-state index in [0.717, 1.165) is 16.1 Å². The molecular formula is C17H13IN4OS. The molecule has 0 bridgehead atoms. The van der Waals surface area contributed by atoms with Crippen LogP contribution >= 0.6 is 33.9 Å². The minimum Gasteiger partial charge on any atom is -0.334 e. The van der Waals surface area contributed by atoms with Crippen molar-refractivity contribution in [2.24, 2.45) is 4.99 Å². The lowest BCUT2D eigenvalue weighted by Crippen LogP contribution is -2.42. The maximum Gasteiger partial charge on any atom is 0.271 e. The van der Waals surface area contributed by atoms with Crippen molar-refractivity contribution < 1.29 is 0 Å². The minimum atomic E-state index is -0.00202. The largest absolute Gasteiger partial charge is 0.334 e. The number of benzene rings is 1. The summed E-state index contributed by atoms with van der Waals surface area (Å²) in [4.78, 5) is 24.2. The van der Waals surface area contributed by atoms with Crippen LogP contribution < -0.4 is 19.8 Å². The van der Waals surface area contributed by atoms with Crippen LogP contribution in [-0.4, -0.2) is 16.2 Å². The van der Waals surface area contributed by atoms with Gasteiger partial charge in [-0.3, -0.25) is 14.3 Å². The second-order valence-corrected chi connectivity index (χ2v) is 7.62. The summed E-state index contributed by atoms with van der Waals surface area (Å²) in [6, 6.07) is 12.0. The van der Waals surface area contributed by atoms with Gasteiger partial charge in [-0.25, -0.2) is 4.99 Å². The fraction of sp³-hybridized carbons (Fsp3) is 0.118. The molecule has 0 aliphatic carbocycles. The van der Waals surface area contributed by atoms with Gasteiger partial charge in [0.2, 0.25) is 0 Å². The van der Waals surface area contributed by atoms with Gasteiger partial charge in [0, 0.05) is 21.7 Å². The van der Waals surface area contributed by atoms with Gasteiger partial charge in [0.1, 0.15) is 13.3 Å². The van der Waals surface area contributed by atoms with Gasteiger partial charge in [0.05, 0.1) is 4.53 Å². The first-order valence-corrected chi connectivity index (χ1v) is 9.27. The van der Waals surface area contributed by atoms with E-state index < -0.39 is 0 Å². The standard InChI is InChI=1S/C17H13IN4OS/c18-13-3-5-14(6-4-13)21-10-20-17-22(11-21)16(23)15(24-17)8-12-2-1-7-19-9-12/h1-9H,10-11H2/b15-8-. The molecule has 4 rings (SSSR count). The highest BCUT2D eigenvalue weighted by Gasteiger charge is 2.15. The second-order valence-electron chi connectivity index (χ2n) is 5.37. The molecule has 0 N–H and O–H groups in total. The van der Waals surface area contributed by atoms with Crippen LogP contribution in [0.15, 0.2) is 58.6 Å². The molecular weight excluding hydrogens is 435 g/mol. The van der Waals surface area contributed by atoms with Gasteiger partial charge < -0.3 is 4.90 Å². The highest BCUT2D eigenvalue weighted by atomic mass is 127. The molecule has 0 radical (unpaired) electrons. The molecule has 5 nitrogen and oxygen atoms in total. The van der Waals surface area contributed by atoms with E-state index in [1.54, 1.807) is 17.0 Å². The number of fused-ring (bicyclic) bond motifs is 1. The first kappa shape index (κ1) is 15.5. The van der Waals surface area contributed by atoms with Crippen molar-refractivity contribution in [2.75, 3.05) is 11.6 Å². The average Bonchev–Trinajstić information content (AvgIpc) is 2.92. The molecule has 0 fully saturated rings. The van der Waals surface area contributed by atoms with Crippen LogP contribution in [0.4, 0.5) is 5.69 Å². The topological polar surface area (TPSA) is 50.5 Å². The third kappa shape index (κ3) is 3.01. The normalized spacial score (nSPS) is 14.4. The lowest BCUT2D eigenvalue weighted by atomic mass is 10.3. The second kappa shape index (κ2) is 6.48. The Morgan fingerprint density at radius 3 is 2.79 bits per heavy atom. The number of anilines is 1. The smallest absolute Gasteiger partial charge is 0.271 e. The summed E-state index contributed by atoms with van der Waals surface area (Å²) in [5, 5.41) is 0. The molecule has 0 amide bonds. The van der Waals surface area contributed by atoms with Crippen molar-refractivity contribution in [1.29, 1.82) is 0 Å². The molecule has 120 valence electrons. The molecule has 3 aromatic rings. The zero-order valence-corrected chi connectivity index (χ0v) is 15.6. The number of rotatable bonds is 2. The summed E-state index contributed by atoms with van der Waals surface area (Å²) in [7, 11) is 0. The van der Waals surface area contributed by atoms with E-state index in [0.29, 0.717) is 17.9 Å².